The fourth-order valence-electron chi connectivity index (χ4n) is 1.68. The van der Waals surface area contributed by atoms with Gasteiger partial charge in [-0.1, -0.05) is 12.1 Å². The number of thiophene rings is 1. The lowest BCUT2D eigenvalue weighted by Crippen LogP contribution is -2.04. The molecule has 5 heteroatoms. The number of methoxy groups -OCH3 is 2. The summed E-state index contributed by atoms with van der Waals surface area (Å²) < 4.78 is 23.8. The first-order valence-electron chi connectivity index (χ1n) is 5.62. The fraction of sp³-hybridized carbons (Fsp3) is 0.214. The topological polar surface area (TPSA) is 35.5 Å². The predicted molar refractivity (Wildman–Crippen MR) is 71.9 cm³/mol. The molecule has 1 heterocycles. The summed E-state index contributed by atoms with van der Waals surface area (Å²) in [5, 5.41) is 1.75. The summed E-state index contributed by atoms with van der Waals surface area (Å²) >= 11 is 1.29. The Morgan fingerprint density at radius 2 is 2.11 bits per heavy atom. The second-order valence-electron chi connectivity index (χ2n) is 3.88. The Morgan fingerprint density at radius 1 is 1.32 bits per heavy atom. The molecule has 3 nitrogen and oxygen atoms in total. The van der Waals surface area contributed by atoms with E-state index in [-0.39, 0.29) is 18.0 Å². The molecule has 0 spiro atoms. The van der Waals surface area contributed by atoms with Crippen molar-refractivity contribution >= 4 is 17.1 Å². The number of carbonyl (C=O) groups is 1. The second kappa shape index (κ2) is 5.84. The molecule has 0 aliphatic heterocycles. The van der Waals surface area contributed by atoms with Crippen LogP contribution in [-0.2, 0) is 6.42 Å². The van der Waals surface area contributed by atoms with E-state index in [0.717, 1.165) is 0 Å². The lowest BCUT2D eigenvalue weighted by Gasteiger charge is -2.06. The number of Topliss-reactive ketones (excluding diaryl/α,β-unsaturated/α-hetero) is 1. The summed E-state index contributed by atoms with van der Waals surface area (Å²) in [6.45, 7) is 0. The summed E-state index contributed by atoms with van der Waals surface area (Å²) in [7, 11) is 2.94. The van der Waals surface area contributed by atoms with E-state index < -0.39 is 5.82 Å². The molecule has 0 fully saturated rings. The van der Waals surface area contributed by atoms with Gasteiger partial charge in [-0.05, 0) is 11.6 Å². The van der Waals surface area contributed by atoms with E-state index in [9.17, 15) is 9.18 Å². The first-order valence-corrected chi connectivity index (χ1v) is 6.50. The molecule has 0 radical (unpaired) electrons. The van der Waals surface area contributed by atoms with Crippen molar-refractivity contribution in [1.82, 2.24) is 0 Å². The largest absolute Gasteiger partial charge is 0.496 e. The highest BCUT2D eigenvalue weighted by Gasteiger charge is 2.15. The van der Waals surface area contributed by atoms with Crippen molar-refractivity contribution in [1.29, 1.82) is 0 Å². The van der Waals surface area contributed by atoms with E-state index in [2.05, 4.69) is 0 Å². The molecule has 0 bridgehead atoms. The third-order valence-electron chi connectivity index (χ3n) is 2.70. The van der Waals surface area contributed by atoms with Crippen molar-refractivity contribution in [2.45, 2.75) is 6.42 Å². The van der Waals surface area contributed by atoms with Gasteiger partial charge in [0.1, 0.15) is 5.75 Å². The zero-order valence-electron chi connectivity index (χ0n) is 10.6. The zero-order chi connectivity index (χ0) is 13.8. The summed E-state index contributed by atoms with van der Waals surface area (Å²) in [6.07, 6.45) is 0.00665. The molecule has 2 rings (SSSR count). The van der Waals surface area contributed by atoms with Gasteiger partial charge in [0.05, 0.1) is 19.1 Å². The minimum atomic E-state index is -0.484. The van der Waals surface area contributed by atoms with Gasteiger partial charge in [0.25, 0.3) is 0 Å². The second-order valence-corrected chi connectivity index (χ2v) is 4.80. The Balaban J connectivity index is 2.19. The van der Waals surface area contributed by atoms with E-state index in [1.165, 1.54) is 31.6 Å². The minimum Gasteiger partial charge on any atom is -0.496 e. The van der Waals surface area contributed by atoms with Crippen molar-refractivity contribution in [3.8, 4) is 11.5 Å². The third-order valence-corrected chi connectivity index (χ3v) is 3.65. The Labute approximate surface area is 114 Å². The normalized spacial score (nSPS) is 10.3. The number of ketones is 1. The van der Waals surface area contributed by atoms with Gasteiger partial charge >= 0.3 is 0 Å². The first-order chi connectivity index (χ1) is 9.15. The quantitative estimate of drug-likeness (QED) is 0.788. The molecule has 100 valence electrons. The Morgan fingerprint density at radius 3 is 2.74 bits per heavy atom. The van der Waals surface area contributed by atoms with Gasteiger partial charge in [-0.2, -0.15) is 0 Å². The molecule has 1 aromatic heterocycles. The summed E-state index contributed by atoms with van der Waals surface area (Å²) in [5.41, 5.74) is 0.330. The fourth-order valence-corrected chi connectivity index (χ4v) is 2.48. The lowest BCUT2D eigenvalue weighted by molar-refractivity contribution is 0.0995. The monoisotopic (exact) mass is 280 g/mol. The summed E-state index contributed by atoms with van der Waals surface area (Å²) in [5.74, 6) is 0.163. The number of benzene rings is 1. The predicted octanol–water partition coefficient (Wildman–Crippen LogP) is 3.33. The van der Waals surface area contributed by atoms with Crippen LogP contribution in [0.1, 0.15) is 15.2 Å². The molecular weight excluding hydrogens is 267 g/mol. The van der Waals surface area contributed by atoms with Gasteiger partial charge in [-0.15, -0.1) is 11.3 Å². The van der Waals surface area contributed by atoms with Crippen LogP contribution in [-0.4, -0.2) is 20.0 Å². The molecule has 0 aliphatic carbocycles. The standard InChI is InChI=1S/C14H13FO3S/c1-17-10-7-13(19-8-10)11(16)6-9-4-3-5-12(18-2)14(9)15/h3-5,7-8H,6H2,1-2H3. The van der Waals surface area contributed by atoms with Crippen LogP contribution >= 0.6 is 11.3 Å². The van der Waals surface area contributed by atoms with E-state index in [4.69, 9.17) is 9.47 Å². The van der Waals surface area contributed by atoms with Crippen LogP contribution in [0.15, 0.2) is 29.6 Å². The Hall–Kier alpha value is -1.88. The van der Waals surface area contributed by atoms with Crippen LogP contribution in [0, 0.1) is 5.82 Å². The van der Waals surface area contributed by atoms with Crippen LogP contribution in [0.4, 0.5) is 4.39 Å². The molecule has 0 amide bonds. The Bertz CT molecular complexity index is 592. The van der Waals surface area contributed by atoms with Crippen molar-refractivity contribution in [3.63, 3.8) is 0 Å². The van der Waals surface area contributed by atoms with Gasteiger partial charge < -0.3 is 9.47 Å². The molecule has 0 saturated carbocycles. The van der Waals surface area contributed by atoms with E-state index in [1.54, 1.807) is 23.6 Å². The zero-order valence-corrected chi connectivity index (χ0v) is 11.4. The lowest BCUT2D eigenvalue weighted by atomic mass is 10.1. The van der Waals surface area contributed by atoms with Crippen LogP contribution in [0.25, 0.3) is 0 Å². The average molecular weight is 280 g/mol. The number of carbonyl (C=O) groups excluding carboxylic acids is 1. The maximum atomic E-state index is 13.9. The van der Waals surface area contributed by atoms with Gasteiger partial charge in [-0.25, -0.2) is 4.39 Å². The van der Waals surface area contributed by atoms with Crippen LogP contribution < -0.4 is 9.47 Å². The van der Waals surface area contributed by atoms with Crippen LogP contribution in [0.3, 0.4) is 0 Å². The number of ether oxygens (including phenoxy) is 2. The van der Waals surface area contributed by atoms with E-state index in [0.29, 0.717) is 16.2 Å². The molecule has 2 aromatic rings. The van der Waals surface area contributed by atoms with Gasteiger partial charge in [-0.3, -0.25) is 4.79 Å². The van der Waals surface area contributed by atoms with Crippen LogP contribution in [0.5, 0.6) is 11.5 Å². The number of rotatable bonds is 5. The average Bonchev–Trinajstić information content (AvgIpc) is 2.90. The molecule has 0 saturated heterocycles. The number of halogens is 1. The van der Waals surface area contributed by atoms with E-state index in [1.807, 2.05) is 0 Å². The van der Waals surface area contributed by atoms with Crippen molar-refractivity contribution in [2.75, 3.05) is 14.2 Å². The smallest absolute Gasteiger partial charge is 0.177 e. The third kappa shape index (κ3) is 2.93. The molecule has 1 aromatic carbocycles. The van der Waals surface area contributed by atoms with Gasteiger partial charge in [0, 0.05) is 17.9 Å². The highest BCUT2D eigenvalue weighted by molar-refractivity contribution is 7.12. The SMILES string of the molecule is COc1csc(C(=O)Cc2cccc(OC)c2F)c1. The van der Waals surface area contributed by atoms with Crippen LogP contribution in [0.2, 0.25) is 0 Å². The van der Waals surface area contributed by atoms with Gasteiger partial charge in [0.2, 0.25) is 0 Å². The molecule has 0 aliphatic rings. The minimum absolute atomic E-state index is 0.00665. The summed E-state index contributed by atoms with van der Waals surface area (Å²) in [4.78, 5) is 12.6. The molecule has 0 unspecified atom stereocenters. The highest BCUT2D eigenvalue weighted by Crippen LogP contribution is 2.25. The van der Waals surface area contributed by atoms with E-state index >= 15 is 0 Å². The molecule has 19 heavy (non-hydrogen) atoms. The maximum Gasteiger partial charge on any atom is 0.177 e. The molecule has 0 atom stereocenters. The maximum absolute atomic E-state index is 13.9. The first kappa shape index (κ1) is 13.5. The number of hydrogen-bond acceptors (Lipinski definition) is 4. The summed E-state index contributed by atoms with van der Waals surface area (Å²) in [6, 6.07) is 6.43. The highest BCUT2D eigenvalue weighted by atomic mass is 32.1. The van der Waals surface area contributed by atoms with Crippen molar-refractivity contribution in [2.24, 2.45) is 0 Å². The Kier molecular flexibility index (Phi) is 4.16. The molecular formula is C14H13FO3S. The molecule has 0 N–H and O–H groups in total. The number of hydrogen-bond donors (Lipinski definition) is 0. The van der Waals surface area contributed by atoms with Crippen molar-refractivity contribution < 1.29 is 18.7 Å². The van der Waals surface area contributed by atoms with Gasteiger partial charge in [0.15, 0.2) is 17.3 Å². The van der Waals surface area contributed by atoms with Crippen molar-refractivity contribution in [3.05, 3.63) is 45.9 Å².